The van der Waals surface area contributed by atoms with E-state index in [0.29, 0.717) is 0 Å². The zero-order valence-corrected chi connectivity index (χ0v) is 6.82. The average molecular weight is 169 g/mol. The molecule has 4 heteroatoms. The normalized spacial score (nSPS) is 28.1. The molecule has 0 aromatic heterocycles. The molecule has 1 heterocycles. The van der Waals surface area contributed by atoms with Gasteiger partial charge in [0.25, 0.3) is 5.91 Å². The fourth-order valence-electron chi connectivity index (χ4n) is 1.12. The van der Waals surface area contributed by atoms with Crippen LogP contribution >= 0.6 is 0 Å². The highest BCUT2D eigenvalue weighted by molar-refractivity contribution is 5.93. The molecule has 0 spiro atoms. The van der Waals surface area contributed by atoms with Gasteiger partial charge in [-0.2, -0.15) is 0 Å². The number of hydrogen-bond acceptors (Lipinski definition) is 3. The standard InChI is InChI=1S/C8H11NO3/c1-2-3-8(12)9-4-6(10)7(11)5-9/h6-7,10-11H,4-5H2,1H3. The molecule has 0 aliphatic carbocycles. The van der Waals surface area contributed by atoms with Gasteiger partial charge >= 0.3 is 0 Å². The zero-order chi connectivity index (χ0) is 9.14. The van der Waals surface area contributed by atoms with Crippen LogP contribution in [0.1, 0.15) is 6.92 Å². The number of amides is 1. The summed E-state index contributed by atoms with van der Waals surface area (Å²) in [6.45, 7) is 1.92. The minimum atomic E-state index is -0.826. The van der Waals surface area contributed by atoms with Gasteiger partial charge in [-0.25, -0.2) is 0 Å². The summed E-state index contributed by atoms with van der Waals surface area (Å²) < 4.78 is 0. The molecule has 4 nitrogen and oxygen atoms in total. The third kappa shape index (κ3) is 1.76. The van der Waals surface area contributed by atoms with Crippen molar-refractivity contribution >= 4 is 5.91 Å². The first-order valence-electron chi connectivity index (χ1n) is 3.73. The highest BCUT2D eigenvalue weighted by Gasteiger charge is 2.31. The summed E-state index contributed by atoms with van der Waals surface area (Å²) >= 11 is 0. The van der Waals surface area contributed by atoms with Gasteiger partial charge in [-0.1, -0.05) is 5.92 Å². The second kappa shape index (κ2) is 3.57. The Kier molecular flexibility index (Phi) is 2.69. The number of likely N-dealkylation sites (tertiary alicyclic amines) is 1. The van der Waals surface area contributed by atoms with E-state index in [4.69, 9.17) is 10.2 Å². The Morgan fingerprint density at radius 1 is 1.42 bits per heavy atom. The molecule has 0 bridgehead atoms. The number of carbonyl (C=O) groups is 1. The molecule has 2 atom stereocenters. The van der Waals surface area contributed by atoms with Crippen LogP contribution in [0.15, 0.2) is 0 Å². The first kappa shape index (κ1) is 9.04. The number of aliphatic hydroxyl groups is 2. The van der Waals surface area contributed by atoms with Gasteiger partial charge in [0.05, 0.1) is 25.3 Å². The van der Waals surface area contributed by atoms with Crippen molar-refractivity contribution in [3.8, 4) is 11.8 Å². The van der Waals surface area contributed by atoms with Gasteiger partial charge < -0.3 is 15.1 Å². The minimum Gasteiger partial charge on any atom is -0.388 e. The van der Waals surface area contributed by atoms with Crippen molar-refractivity contribution in [2.45, 2.75) is 19.1 Å². The summed E-state index contributed by atoms with van der Waals surface area (Å²) in [5.74, 6) is 4.47. The van der Waals surface area contributed by atoms with Crippen molar-refractivity contribution in [1.29, 1.82) is 0 Å². The van der Waals surface area contributed by atoms with Gasteiger partial charge in [0.2, 0.25) is 0 Å². The van der Waals surface area contributed by atoms with Gasteiger partial charge in [0.15, 0.2) is 0 Å². The molecular formula is C8H11NO3. The maximum Gasteiger partial charge on any atom is 0.298 e. The van der Waals surface area contributed by atoms with E-state index < -0.39 is 12.2 Å². The highest BCUT2D eigenvalue weighted by Crippen LogP contribution is 2.09. The summed E-state index contributed by atoms with van der Waals surface area (Å²) in [7, 11) is 0. The Bertz CT molecular complexity index is 230. The quantitative estimate of drug-likeness (QED) is 0.437. The molecule has 0 radical (unpaired) electrons. The van der Waals surface area contributed by atoms with Crippen LogP contribution < -0.4 is 0 Å². The topological polar surface area (TPSA) is 60.8 Å². The summed E-state index contributed by atoms with van der Waals surface area (Å²) in [5, 5.41) is 18.2. The number of carbonyl (C=O) groups excluding carboxylic acids is 1. The third-order valence-electron chi connectivity index (χ3n) is 1.78. The van der Waals surface area contributed by atoms with Crippen LogP contribution in [0.25, 0.3) is 0 Å². The Morgan fingerprint density at radius 2 is 1.92 bits per heavy atom. The predicted molar refractivity (Wildman–Crippen MR) is 42.0 cm³/mol. The minimum absolute atomic E-state index is 0.175. The molecule has 2 unspecified atom stereocenters. The van der Waals surface area contributed by atoms with E-state index in [2.05, 4.69) is 11.8 Å². The molecule has 1 rings (SSSR count). The maximum atomic E-state index is 11.1. The van der Waals surface area contributed by atoms with E-state index in [0.717, 1.165) is 0 Å². The lowest BCUT2D eigenvalue weighted by Gasteiger charge is -2.09. The van der Waals surface area contributed by atoms with Crippen LogP contribution in [0.3, 0.4) is 0 Å². The second-order valence-electron chi connectivity index (χ2n) is 2.72. The lowest BCUT2D eigenvalue weighted by Crippen LogP contribution is -2.28. The zero-order valence-electron chi connectivity index (χ0n) is 6.82. The molecular weight excluding hydrogens is 158 g/mol. The van der Waals surface area contributed by atoms with E-state index in [-0.39, 0.29) is 19.0 Å². The first-order valence-corrected chi connectivity index (χ1v) is 3.73. The Morgan fingerprint density at radius 3 is 2.33 bits per heavy atom. The van der Waals surface area contributed by atoms with Crippen LogP contribution in [0.2, 0.25) is 0 Å². The largest absolute Gasteiger partial charge is 0.388 e. The molecule has 1 fully saturated rings. The van der Waals surface area contributed by atoms with E-state index in [1.807, 2.05) is 0 Å². The van der Waals surface area contributed by atoms with Crippen molar-refractivity contribution in [2.75, 3.05) is 13.1 Å². The Balaban J connectivity index is 2.55. The Labute approximate surface area is 70.8 Å². The molecule has 1 amide bonds. The van der Waals surface area contributed by atoms with E-state index >= 15 is 0 Å². The van der Waals surface area contributed by atoms with E-state index in [9.17, 15) is 4.79 Å². The molecule has 12 heavy (non-hydrogen) atoms. The fourth-order valence-corrected chi connectivity index (χ4v) is 1.12. The molecule has 2 N–H and O–H groups in total. The van der Waals surface area contributed by atoms with Gasteiger partial charge in [-0.3, -0.25) is 4.79 Å². The first-order chi connectivity index (χ1) is 5.65. The summed E-state index contributed by atoms with van der Waals surface area (Å²) in [4.78, 5) is 12.4. The molecule has 1 saturated heterocycles. The Hall–Kier alpha value is -1.05. The van der Waals surface area contributed by atoms with Crippen molar-refractivity contribution in [3.05, 3.63) is 0 Å². The molecule has 1 aliphatic heterocycles. The highest BCUT2D eigenvalue weighted by atomic mass is 16.3. The number of hydrogen-bond donors (Lipinski definition) is 2. The number of aliphatic hydroxyl groups excluding tert-OH is 2. The smallest absolute Gasteiger partial charge is 0.298 e. The number of nitrogens with zero attached hydrogens (tertiary/aromatic N) is 1. The van der Waals surface area contributed by atoms with Crippen LogP contribution in [-0.4, -0.2) is 46.3 Å². The van der Waals surface area contributed by atoms with Crippen LogP contribution in [0, 0.1) is 11.8 Å². The van der Waals surface area contributed by atoms with Gasteiger partial charge in [-0.05, 0) is 12.8 Å². The van der Waals surface area contributed by atoms with Crippen molar-refractivity contribution in [2.24, 2.45) is 0 Å². The maximum absolute atomic E-state index is 11.1. The summed E-state index contributed by atoms with van der Waals surface area (Å²) in [5.41, 5.74) is 0. The molecule has 66 valence electrons. The number of β-amino-alcohol motifs (C(OH)–C–C–N with tert-alkyl or cyclic N) is 2. The number of rotatable bonds is 0. The lowest BCUT2D eigenvalue weighted by atomic mass is 10.3. The van der Waals surface area contributed by atoms with Crippen molar-refractivity contribution in [1.82, 2.24) is 4.90 Å². The van der Waals surface area contributed by atoms with Gasteiger partial charge in [0, 0.05) is 0 Å². The van der Waals surface area contributed by atoms with E-state index in [1.54, 1.807) is 6.92 Å². The molecule has 0 saturated carbocycles. The second-order valence-corrected chi connectivity index (χ2v) is 2.72. The van der Waals surface area contributed by atoms with Crippen molar-refractivity contribution in [3.63, 3.8) is 0 Å². The predicted octanol–water partition coefficient (Wildman–Crippen LogP) is -1.43. The third-order valence-corrected chi connectivity index (χ3v) is 1.78. The molecule has 0 aromatic carbocycles. The average Bonchev–Trinajstić information content (AvgIpc) is 2.33. The van der Waals surface area contributed by atoms with Crippen LogP contribution in [-0.2, 0) is 4.79 Å². The monoisotopic (exact) mass is 169 g/mol. The van der Waals surface area contributed by atoms with E-state index in [1.165, 1.54) is 4.90 Å². The lowest BCUT2D eigenvalue weighted by molar-refractivity contribution is -0.124. The summed E-state index contributed by atoms with van der Waals surface area (Å²) in [6.07, 6.45) is -1.65. The van der Waals surface area contributed by atoms with Crippen LogP contribution in [0.4, 0.5) is 0 Å². The van der Waals surface area contributed by atoms with Gasteiger partial charge in [-0.15, -0.1) is 0 Å². The molecule has 0 aromatic rings. The fraction of sp³-hybridized carbons (Fsp3) is 0.625. The van der Waals surface area contributed by atoms with Crippen molar-refractivity contribution < 1.29 is 15.0 Å². The summed E-state index contributed by atoms with van der Waals surface area (Å²) in [6, 6.07) is 0. The van der Waals surface area contributed by atoms with Crippen LogP contribution in [0.5, 0.6) is 0 Å². The van der Waals surface area contributed by atoms with Gasteiger partial charge in [0.1, 0.15) is 0 Å². The molecule has 1 aliphatic rings. The SMILES string of the molecule is CC#CC(=O)N1CC(O)C(O)C1.